The summed E-state index contributed by atoms with van der Waals surface area (Å²) in [5.41, 5.74) is 11.8. The van der Waals surface area contributed by atoms with Crippen molar-refractivity contribution in [3.63, 3.8) is 0 Å². The fourth-order valence-corrected chi connectivity index (χ4v) is 0.979. The van der Waals surface area contributed by atoms with Gasteiger partial charge in [-0.2, -0.15) is 0 Å². The van der Waals surface area contributed by atoms with Crippen LogP contribution < -0.4 is 11.5 Å². The lowest BCUT2D eigenvalue weighted by Gasteiger charge is -2.07. The lowest BCUT2D eigenvalue weighted by Crippen LogP contribution is -2.20. The van der Waals surface area contributed by atoms with Gasteiger partial charge in [0.05, 0.1) is 4.92 Å². The molecular formula is C8H12ClN3O2. The Hall–Kier alpha value is -1.17. The molecule has 1 rings (SSSR count). The van der Waals surface area contributed by atoms with Crippen LogP contribution in [0.5, 0.6) is 0 Å². The molecule has 0 heterocycles. The SMILES string of the molecule is Cl.NCC(N)c1ccc([N+](=O)[O-])cc1. The second kappa shape index (κ2) is 5.54. The van der Waals surface area contributed by atoms with Gasteiger partial charge in [0.15, 0.2) is 0 Å². The Morgan fingerprint density at radius 1 is 1.36 bits per heavy atom. The number of nitro benzene ring substituents is 1. The molecule has 1 aromatic carbocycles. The molecular weight excluding hydrogens is 206 g/mol. The summed E-state index contributed by atoms with van der Waals surface area (Å²) in [4.78, 5) is 9.85. The van der Waals surface area contributed by atoms with Gasteiger partial charge in [0.2, 0.25) is 0 Å². The predicted molar refractivity (Wildman–Crippen MR) is 56.3 cm³/mol. The van der Waals surface area contributed by atoms with E-state index in [2.05, 4.69) is 0 Å². The first kappa shape index (κ1) is 12.8. The normalized spacial score (nSPS) is 11.6. The summed E-state index contributed by atoms with van der Waals surface area (Å²) in [5.74, 6) is 0. The number of rotatable bonds is 3. The number of nitro groups is 1. The van der Waals surface area contributed by atoms with Crippen molar-refractivity contribution in [2.75, 3.05) is 6.54 Å². The molecule has 0 aliphatic heterocycles. The van der Waals surface area contributed by atoms with Crippen molar-refractivity contribution < 1.29 is 4.92 Å². The smallest absolute Gasteiger partial charge is 0.269 e. The molecule has 5 nitrogen and oxygen atoms in total. The van der Waals surface area contributed by atoms with Crippen molar-refractivity contribution in [1.29, 1.82) is 0 Å². The molecule has 6 heteroatoms. The number of non-ortho nitro benzene ring substituents is 1. The van der Waals surface area contributed by atoms with Crippen LogP contribution in [0, 0.1) is 10.1 Å². The minimum Gasteiger partial charge on any atom is -0.329 e. The molecule has 0 radical (unpaired) electrons. The highest BCUT2D eigenvalue weighted by molar-refractivity contribution is 5.85. The highest BCUT2D eigenvalue weighted by Crippen LogP contribution is 2.15. The summed E-state index contributed by atoms with van der Waals surface area (Å²) in [6, 6.07) is 5.84. The van der Waals surface area contributed by atoms with E-state index in [9.17, 15) is 10.1 Å². The lowest BCUT2D eigenvalue weighted by atomic mass is 10.1. The van der Waals surface area contributed by atoms with Gasteiger partial charge in [-0.15, -0.1) is 12.4 Å². The van der Waals surface area contributed by atoms with Crippen LogP contribution in [0.1, 0.15) is 11.6 Å². The summed E-state index contributed by atoms with van der Waals surface area (Å²) in [6.07, 6.45) is 0. The maximum absolute atomic E-state index is 10.3. The molecule has 0 aromatic heterocycles. The summed E-state index contributed by atoms with van der Waals surface area (Å²) >= 11 is 0. The van der Waals surface area contributed by atoms with Crippen LogP contribution in [0.2, 0.25) is 0 Å². The fraction of sp³-hybridized carbons (Fsp3) is 0.250. The van der Waals surface area contributed by atoms with Crippen LogP contribution in [-0.4, -0.2) is 11.5 Å². The summed E-state index contributed by atoms with van der Waals surface area (Å²) in [5, 5.41) is 10.3. The minimum absolute atomic E-state index is 0. The van der Waals surface area contributed by atoms with E-state index in [1.165, 1.54) is 12.1 Å². The van der Waals surface area contributed by atoms with Gasteiger partial charge >= 0.3 is 0 Å². The first-order valence-electron chi connectivity index (χ1n) is 3.85. The van der Waals surface area contributed by atoms with Gasteiger partial charge in [0, 0.05) is 24.7 Å². The van der Waals surface area contributed by atoms with Crippen molar-refractivity contribution in [2.24, 2.45) is 11.5 Å². The molecule has 4 N–H and O–H groups in total. The first-order chi connectivity index (χ1) is 6.15. The number of hydrogen-bond acceptors (Lipinski definition) is 4. The molecule has 1 unspecified atom stereocenters. The maximum Gasteiger partial charge on any atom is 0.269 e. The average Bonchev–Trinajstić information content (AvgIpc) is 2.17. The third kappa shape index (κ3) is 2.95. The Morgan fingerprint density at radius 3 is 2.21 bits per heavy atom. The zero-order chi connectivity index (χ0) is 9.84. The van der Waals surface area contributed by atoms with E-state index in [1.54, 1.807) is 12.1 Å². The highest BCUT2D eigenvalue weighted by Gasteiger charge is 2.07. The van der Waals surface area contributed by atoms with Crippen LogP contribution in [0.25, 0.3) is 0 Å². The minimum atomic E-state index is -0.447. The maximum atomic E-state index is 10.3. The van der Waals surface area contributed by atoms with E-state index in [0.717, 1.165) is 5.56 Å². The molecule has 0 aliphatic carbocycles. The van der Waals surface area contributed by atoms with Crippen molar-refractivity contribution in [3.8, 4) is 0 Å². The molecule has 1 aromatic rings. The van der Waals surface area contributed by atoms with E-state index in [0.29, 0.717) is 6.54 Å². The van der Waals surface area contributed by atoms with E-state index >= 15 is 0 Å². The van der Waals surface area contributed by atoms with Crippen molar-refractivity contribution in [2.45, 2.75) is 6.04 Å². The Morgan fingerprint density at radius 2 is 1.86 bits per heavy atom. The monoisotopic (exact) mass is 217 g/mol. The molecule has 0 amide bonds. The summed E-state index contributed by atoms with van der Waals surface area (Å²) < 4.78 is 0. The zero-order valence-corrected chi connectivity index (χ0v) is 8.24. The molecule has 78 valence electrons. The molecule has 0 aliphatic rings. The van der Waals surface area contributed by atoms with Crippen LogP contribution >= 0.6 is 12.4 Å². The molecule has 0 saturated carbocycles. The van der Waals surface area contributed by atoms with Gasteiger partial charge in [-0.05, 0) is 5.56 Å². The molecule has 0 saturated heterocycles. The van der Waals surface area contributed by atoms with Gasteiger partial charge in [-0.3, -0.25) is 10.1 Å². The Balaban J connectivity index is 0.00000169. The lowest BCUT2D eigenvalue weighted by molar-refractivity contribution is -0.384. The number of nitrogens with zero attached hydrogens (tertiary/aromatic N) is 1. The van der Waals surface area contributed by atoms with Crippen molar-refractivity contribution in [3.05, 3.63) is 39.9 Å². The summed E-state index contributed by atoms with van der Waals surface area (Å²) in [6.45, 7) is 0.331. The third-order valence-electron chi connectivity index (χ3n) is 1.79. The van der Waals surface area contributed by atoms with Crippen molar-refractivity contribution in [1.82, 2.24) is 0 Å². The van der Waals surface area contributed by atoms with Gasteiger partial charge in [-0.25, -0.2) is 0 Å². The topological polar surface area (TPSA) is 95.2 Å². The van der Waals surface area contributed by atoms with Crippen LogP contribution in [0.15, 0.2) is 24.3 Å². The third-order valence-corrected chi connectivity index (χ3v) is 1.79. The van der Waals surface area contributed by atoms with Crippen molar-refractivity contribution >= 4 is 18.1 Å². The number of nitrogens with two attached hydrogens (primary N) is 2. The summed E-state index contributed by atoms with van der Waals surface area (Å²) in [7, 11) is 0. The Labute approximate surface area is 87.6 Å². The van der Waals surface area contributed by atoms with E-state index in [1.807, 2.05) is 0 Å². The van der Waals surface area contributed by atoms with Crippen LogP contribution in [0.4, 0.5) is 5.69 Å². The second-order valence-corrected chi connectivity index (χ2v) is 2.69. The van der Waals surface area contributed by atoms with E-state index < -0.39 is 4.92 Å². The quantitative estimate of drug-likeness (QED) is 0.583. The first-order valence-corrected chi connectivity index (χ1v) is 3.85. The highest BCUT2D eigenvalue weighted by atomic mass is 35.5. The number of hydrogen-bond donors (Lipinski definition) is 2. The van der Waals surface area contributed by atoms with Gasteiger partial charge in [0.1, 0.15) is 0 Å². The predicted octanol–water partition coefficient (Wildman–Crippen LogP) is 0.975. The van der Waals surface area contributed by atoms with Gasteiger partial charge in [0.25, 0.3) is 5.69 Å². The molecule has 0 spiro atoms. The van der Waals surface area contributed by atoms with Crippen LogP contribution in [-0.2, 0) is 0 Å². The Bertz CT molecular complexity index is 302. The molecule has 1 atom stereocenters. The van der Waals surface area contributed by atoms with Crippen LogP contribution in [0.3, 0.4) is 0 Å². The van der Waals surface area contributed by atoms with Gasteiger partial charge < -0.3 is 11.5 Å². The molecule has 14 heavy (non-hydrogen) atoms. The molecule has 0 bridgehead atoms. The number of benzene rings is 1. The standard InChI is InChI=1S/C8H11N3O2.ClH/c9-5-8(10)6-1-3-7(4-2-6)11(12)13;/h1-4,8H,5,9-10H2;1H. The Kier molecular flexibility index (Phi) is 5.07. The molecule has 0 fully saturated rings. The van der Waals surface area contributed by atoms with E-state index in [4.69, 9.17) is 11.5 Å². The van der Waals surface area contributed by atoms with E-state index in [-0.39, 0.29) is 24.1 Å². The zero-order valence-electron chi connectivity index (χ0n) is 7.42. The second-order valence-electron chi connectivity index (χ2n) is 2.69. The number of halogens is 1. The fourth-order valence-electron chi connectivity index (χ4n) is 0.979. The van der Waals surface area contributed by atoms with Gasteiger partial charge in [-0.1, -0.05) is 12.1 Å². The average molecular weight is 218 g/mol. The largest absolute Gasteiger partial charge is 0.329 e.